The third-order valence-electron chi connectivity index (χ3n) is 1.44. The van der Waals surface area contributed by atoms with Gasteiger partial charge in [-0.3, -0.25) is 4.79 Å². The molecule has 11 heavy (non-hydrogen) atoms. The van der Waals surface area contributed by atoms with E-state index < -0.39 is 5.97 Å². The summed E-state index contributed by atoms with van der Waals surface area (Å²) in [6.07, 6.45) is 4.79. The SMILES string of the molecule is NC1NC=CC=C1CC(=O)O. The van der Waals surface area contributed by atoms with E-state index in [1.807, 2.05) is 0 Å². The normalized spacial score (nSPS) is 22.3. The van der Waals surface area contributed by atoms with Crippen molar-refractivity contribution in [3.63, 3.8) is 0 Å². The van der Waals surface area contributed by atoms with E-state index in [9.17, 15) is 4.79 Å². The molecule has 0 aromatic carbocycles. The summed E-state index contributed by atoms with van der Waals surface area (Å²) in [6.45, 7) is 0. The Hall–Kier alpha value is -1.29. The molecular weight excluding hydrogens is 144 g/mol. The number of carboxylic acids is 1. The van der Waals surface area contributed by atoms with Crippen LogP contribution in [0.3, 0.4) is 0 Å². The van der Waals surface area contributed by atoms with Crippen LogP contribution in [-0.2, 0) is 4.79 Å². The van der Waals surface area contributed by atoms with Crippen LogP contribution in [0, 0.1) is 0 Å². The molecule has 0 saturated carbocycles. The molecule has 1 aliphatic rings. The molecule has 4 heteroatoms. The molecule has 1 unspecified atom stereocenters. The minimum Gasteiger partial charge on any atom is -0.481 e. The summed E-state index contributed by atoms with van der Waals surface area (Å²) in [7, 11) is 0. The number of nitrogens with two attached hydrogens (primary N) is 1. The Kier molecular flexibility index (Phi) is 2.28. The highest BCUT2D eigenvalue weighted by Gasteiger charge is 2.12. The molecule has 4 N–H and O–H groups in total. The average Bonchev–Trinajstić information content (AvgIpc) is 1.93. The lowest BCUT2D eigenvalue weighted by molar-refractivity contribution is -0.136. The van der Waals surface area contributed by atoms with Gasteiger partial charge in [0.25, 0.3) is 0 Å². The predicted octanol–water partition coefficient (Wildman–Crippen LogP) is -0.211. The molecule has 4 nitrogen and oxygen atoms in total. The van der Waals surface area contributed by atoms with Crippen LogP contribution in [0.5, 0.6) is 0 Å². The summed E-state index contributed by atoms with van der Waals surface area (Å²) < 4.78 is 0. The van der Waals surface area contributed by atoms with Gasteiger partial charge in [0.2, 0.25) is 0 Å². The summed E-state index contributed by atoms with van der Waals surface area (Å²) in [5.74, 6) is -0.858. The third kappa shape index (κ3) is 2.09. The van der Waals surface area contributed by atoms with Crippen molar-refractivity contribution >= 4 is 5.97 Å². The van der Waals surface area contributed by atoms with Crippen LogP contribution in [0.25, 0.3) is 0 Å². The lowest BCUT2D eigenvalue weighted by atomic mass is 10.1. The van der Waals surface area contributed by atoms with Crippen molar-refractivity contribution in [3.8, 4) is 0 Å². The van der Waals surface area contributed by atoms with Gasteiger partial charge in [0.1, 0.15) is 0 Å². The highest BCUT2D eigenvalue weighted by atomic mass is 16.4. The molecule has 1 aliphatic heterocycles. The number of hydrogen-bond acceptors (Lipinski definition) is 3. The molecular formula is C7H10N2O2. The second kappa shape index (κ2) is 3.21. The highest BCUT2D eigenvalue weighted by Crippen LogP contribution is 2.07. The van der Waals surface area contributed by atoms with Gasteiger partial charge in [-0.2, -0.15) is 0 Å². The first-order valence-corrected chi connectivity index (χ1v) is 3.29. The molecule has 0 amide bonds. The van der Waals surface area contributed by atoms with E-state index >= 15 is 0 Å². The van der Waals surface area contributed by atoms with E-state index in [-0.39, 0.29) is 12.6 Å². The van der Waals surface area contributed by atoms with E-state index in [0.717, 1.165) is 0 Å². The minimum absolute atomic E-state index is 0.00148. The Bertz CT molecular complexity index is 220. The summed E-state index contributed by atoms with van der Waals surface area (Å²) in [5.41, 5.74) is 6.23. The van der Waals surface area contributed by atoms with Gasteiger partial charge >= 0.3 is 5.97 Å². The molecule has 0 aromatic heterocycles. The number of carboxylic acid groups (broad SMARTS) is 1. The van der Waals surface area contributed by atoms with Gasteiger partial charge in [0.15, 0.2) is 0 Å². The number of allylic oxidation sites excluding steroid dienone is 2. The Morgan fingerprint density at radius 2 is 2.55 bits per heavy atom. The topological polar surface area (TPSA) is 75.3 Å². The summed E-state index contributed by atoms with van der Waals surface area (Å²) >= 11 is 0. The molecule has 0 aromatic rings. The van der Waals surface area contributed by atoms with Gasteiger partial charge in [-0.1, -0.05) is 6.08 Å². The Balaban J connectivity index is 2.61. The fourth-order valence-electron chi connectivity index (χ4n) is 0.885. The molecule has 1 rings (SSSR count). The van der Waals surface area contributed by atoms with Crippen molar-refractivity contribution in [2.45, 2.75) is 12.6 Å². The van der Waals surface area contributed by atoms with Crippen molar-refractivity contribution in [3.05, 3.63) is 23.9 Å². The van der Waals surface area contributed by atoms with Crippen LogP contribution >= 0.6 is 0 Å². The summed E-state index contributed by atoms with van der Waals surface area (Å²) in [6, 6.07) is 0. The number of aliphatic carboxylic acids is 1. The molecule has 60 valence electrons. The van der Waals surface area contributed by atoms with Crippen LogP contribution in [0.4, 0.5) is 0 Å². The van der Waals surface area contributed by atoms with Crippen molar-refractivity contribution in [1.29, 1.82) is 0 Å². The van der Waals surface area contributed by atoms with Gasteiger partial charge in [-0.25, -0.2) is 0 Å². The molecule has 0 radical (unpaired) electrons. The van der Waals surface area contributed by atoms with E-state index in [1.165, 1.54) is 0 Å². The standard InChI is InChI=1S/C7H10N2O2/c8-7-5(4-6(10)11)2-1-3-9-7/h1-3,7,9H,4,8H2,(H,10,11). The van der Waals surface area contributed by atoms with Crippen LogP contribution in [0.15, 0.2) is 23.9 Å². The number of carbonyl (C=O) groups is 1. The maximum absolute atomic E-state index is 10.3. The van der Waals surface area contributed by atoms with Crippen LogP contribution in [0.2, 0.25) is 0 Å². The lowest BCUT2D eigenvalue weighted by Crippen LogP contribution is -2.37. The molecule has 0 bridgehead atoms. The molecule has 0 fully saturated rings. The zero-order valence-electron chi connectivity index (χ0n) is 5.95. The van der Waals surface area contributed by atoms with E-state index in [4.69, 9.17) is 10.8 Å². The Morgan fingerprint density at radius 1 is 1.82 bits per heavy atom. The number of hydrogen-bond donors (Lipinski definition) is 3. The quantitative estimate of drug-likeness (QED) is 0.514. The monoisotopic (exact) mass is 154 g/mol. The lowest BCUT2D eigenvalue weighted by Gasteiger charge is -2.17. The van der Waals surface area contributed by atoms with Crippen molar-refractivity contribution in [2.24, 2.45) is 5.73 Å². The van der Waals surface area contributed by atoms with Gasteiger partial charge < -0.3 is 16.2 Å². The molecule has 1 atom stereocenters. The second-order valence-corrected chi connectivity index (χ2v) is 2.32. The smallest absolute Gasteiger partial charge is 0.307 e. The number of rotatable bonds is 2. The molecule has 0 spiro atoms. The first-order valence-electron chi connectivity index (χ1n) is 3.29. The summed E-state index contributed by atoms with van der Waals surface area (Å²) in [4.78, 5) is 10.3. The minimum atomic E-state index is -0.858. The van der Waals surface area contributed by atoms with Crippen molar-refractivity contribution in [1.82, 2.24) is 5.32 Å². The van der Waals surface area contributed by atoms with Crippen molar-refractivity contribution in [2.75, 3.05) is 0 Å². The average molecular weight is 154 g/mol. The van der Waals surface area contributed by atoms with E-state index in [2.05, 4.69) is 5.32 Å². The number of nitrogens with one attached hydrogen (secondary N) is 1. The zero-order valence-corrected chi connectivity index (χ0v) is 5.95. The van der Waals surface area contributed by atoms with Crippen LogP contribution < -0.4 is 11.1 Å². The van der Waals surface area contributed by atoms with Gasteiger partial charge in [-0.05, 0) is 17.8 Å². The van der Waals surface area contributed by atoms with Gasteiger partial charge in [0, 0.05) is 0 Å². The molecule has 1 heterocycles. The van der Waals surface area contributed by atoms with E-state index in [0.29, 0.717) is 5.57 Å². The molecule has 0 aliphatic carbocycles. The number of dihydropyridines is 1. The van der Waals surface area contributed by atoms with Crippen LogP contribution in [-0.4, -0.2) is 17.2 Å². The first kappa shape index (κ1) is 7.81. The first-order chi connectivity index (χ1) is 5.20. The zero-order chi connectivity index (χ0) is 8.27. The summed E-state index contributed by atoms with van der Waals surface area (Å²) in [5, 5.41) is 11.2. The Morgan fingerprint density at radius 3 is 3.09 bits per heavy atom. The fraction of sp³-hybridized carbons (Fsp3) is 0.286. The van der Waals surface area contributed by atoms with E-state index in [1.54, 1.807) is 18.4 Å². The largest absolute Gasteiger partial charge is 0.481 e. The maximum atomic E-state index is 10.3. The fourth-order valence-corrected chi connectivity index (χ4v) is 0.885. The molecule has 0 saturated heterocycles. The van der Waals surface area contributed by atoms with Crippen LogP contribution in [0.1, 0.15) is 6.42 Å². The third-order valence-corrected chi connectivity index (χ3v) is 1.44. The second-order valence-electron chi connectivity index (χ2n) is 2.32. The maximum Gasteiger partial charge on any atom is 0.307 e. The van der Waals surface area contributed by atoms with Gasteiger partial charge in [-0.15, -0.1) is 0 Å². The van der Waals surface area contributed by atoms with Gasteiger partial charge in [0.05, 0.1) is 12.6 Å². The highest BCUT2D eigenvalue weighted by molar-refractivity contribution is 5.70. The predicted molar refractivity (Wildman–Crippen MR) is 40.6 cm³/mol. The Labute approximate surface area is 64.4 Å². The van der Waals surface area contributed by atoms with Crippen molar-refractivity contribution < 1.29 is 9.90 Å².